The molecule has 0 saturated carbocycles. The molecule has 18 heavy (non-hydrogen) atoms. The van der Waals surface area contributed by atoms with Crippen LogP contribution in [0.4, 0.5) is 5.69 Å². The second-order valence-corrected chi connectivity index (χ2v) is 5.15. The molecule has 1 fully saturated rings. The third kappa shape index (κ3) is 3.22. The summed E-state index contributed by atoms with van der Waals surface area (Å²) in [6, 6.07) is 2.15. The second kappa shape index (κ2) is 6.74. The summed E-state index contributed by atoms with van der Waals surface area (Å²) >= 11 is 0. The van der Waals surface area contributed by atoms with Crippen LogP contribution in [0.15, 0.2) is 18.5 Å². The highest BCUT2D eigenvalue weighted by Crippen LogP contribution is 2.26. The summed E-state index contributed by atoms with van der Waals surface area (Å²) in [7, 11) is 0. The average Bonchev–Trinajstić information content (AvgIpc) is 2.45. The Labute approximate surface area is 111 Å². The molecule has 1 aliphatic rings. The first kappa shape index (κ1) is 13.3. The maximum atomic E-state index is 4.31. The van der Waals surface area contributed by atoms with Crippen molar-refractivity contribution in [2.24, 2.45) is 5.92 Å². The van der Waals surface area contributed by atoms with Crippen LogP contribution in [0.1, 0.15) is 38.7 Å². The molecular weight excluding hydrogens is 222 g/mol. The summed E-state index contributed by atoms with van der Waals surface area (Å²) in [5.41, 5.74) is 2.71. The maximum absolute atomic E-state index is 4.31. The largest absolute Gasteiger partial charge is 0.370 e. The Morgan fingerprint density at radius 3 is 3.11 bits per heavy atom. The summed E-state index contributed by atoms with van der Waals surface area (Å²) in [6.45, 7) is 8.79. The van der Waals surface area contributed by atoms with Gasteiger partial charge in [-0.1, -0.05) is 20.3 Å². The molecule has 100 valence electrons. The van der Waals surface area contributed by atoms with Gasteiger partial charge in [0.2, 0.25) is 0 Å². The Morgan fingerprint density at radius 2 is 2.33 bits per heavy atom. The number of aromatic nitrogens is 1. The van der Waals surface area contributed by atoms with Crippen LogP contribution in [-0.4, -0.2) is 24.6 Å². The fraction of sp³-hybridized carbons (Fsp3) is 0.667. The first-order valence-electron chi connectivity index (χ1n) is 7.23. The molecule has 0 aromatic carbocycles. The SMILES string of the molecule is CCNCc1ccncc1N1CCCC(CC)C1. The minimum atomic E-state index is 0.853. The first-order chi connectivity index (χ1) is 8.85. The molecule has 1 aliphatic heterocycles. The average molecular weight is 247 g/mol. The lowest BCUT2D eigenvalue weighted by Gasteiger charge is -2.35. The highest BCUT2D eigenvalue weighted by atomic mass is 15.1. The normalized spacial score (nSPS) is 20.1. The Kier molecular flexibility index (Phi) is 5.00. The summed E-state index contributed by atoms with van der Waals surface area (Å²) in [6.07, 6.45) is 7.92. The van der Waals surface area contributed by atoms with Crippen molar-refractivity contribution < 1.29 is 0 Å². The van der Waals surface area contributed by atoms with E-state index in [4.69, 9.17) is 0 Å². The molecule has 0 aliphatic carbocycles. The number of pyridine rings is 1. The van der Waals surface area contributed by atoms with Crippen molar-refractivity contribution in [3.63, 3.8) is 0 Å². The number of nitrogens with one attached hydrogen (secondary N) is 1. The standard InChI is InChI=1S/C15H25N3/c1-3-13-6-5-9-18(12-13)15-11-17-8-7-14(15)10-16-4-2/h7-8,11,13,16H,3-6,9-10,12H2,1-2H3. The van der Waals surface area contributed by atoms with Gasteiger partial charge in [0.15, 0.2) is 0 Å². The van der Waals surface area contributed by atoms with Gasteiger partial charge in [0.1, 0.15) is 0 Å². The van der Waals surface area contributed by atoms with Gasteiger partial charge in [0, 0.05) is 25.8 Å². The smallest absolute Gasteiger partial charge is 0.0598 e. The van der Waals surface area contributed by atoms with Crippen LogP contribution in [-0.2, 0) is 6.54 Å². The molecule has 3 heteroatoms. The van der Waals surface area contributed by atoms with Crippen molar-refractivity contribution >= 4 is 5.69 Å². The van der Waals surface area contributed by atoms with Crippen LogP contribution in [0, 0.1) is 5.92 Å². The van der Waals surface area contributed by atoms with Crippen LogP contribution in [0.3, 0.4) is 0 Å². The predicted molar refractivity (Wildman–Crippen MR) is 76.8 cm³/mol. The molecule has 1 saturated heterocycles. The zero-order chi connectivity index (χ0) is 12.8. The molecule has 3 nitrogen and oxygen atoms in total. The van der Waals surface area contributed by atoms with Crippen molar-refractivity contribution in [2.75, 3.05) is 24.5 Å². The van der Waals surface area contributed by atoms with E-state index in [2.05, 4.69) is 35.1 Å². The van der Waals surface area contributed by atoms with Crippen LogP contribution >= 0.6 is 0 Å². The van der Waals surface area contributed by atoms with Crippen LogP contribution in [0.2, 0.25) is 0 Å². The number of anilines is 1. The van der Waals surface area contributed by atoms with E-state index in [0.717, 1.165) is 19.0 Å². The monoisotopic (exact) mass is 247 g/mol. The van der Waals surface area contributed by atoms with Crippen molar-refractivity contribution in [1.82, 2.24) is 10.3 Å². The number of rotatable bonds is 5. The van der Waals surface area contributed by atoms with Crippen molar-refractivity contribution in [2.45, 2.75) is 39.7 Å². The summed E-state index contributed by atoms with van der Waals surface area (Å²) in [5, 5.41) is 3.41. The van der Waals surface area contributed by atoms with Crippen LogP contribution < -0.4 is 10.2 Å². The van der Waals surface area contributed by atoms with Crippen molar-refractivity contribution in [1.29, 1.82) is 0 Å². The first-order valence-corrected chi connectivity index (χ1v) is 7.23. The molecule has 0 bridgehead atoms. The van der Waals surface area contributed by atoms with Crippen LogP contribution in [0.25, 0.3) is 0 Å². The number of hydrogen-bond donors (Lipinski definition) is 1. The Balaban J connectivity index is 2.11. The zero-order valence-electron chi connectivity index (χ0n) is 11.7. The fourth-order valence-corrected chi connectivity index (χ4v) is 2.73. The lowest BCUT2D eigenvalue weighted by Crippen LogP contribution is -2.36. The van der Waals surface area contributed by atoms with Gasteiger partial charge in [-0.3, -0.25) is 4.98 Å². The van der Waals surface area contributed by atoms with Crippen molar-refractivity contribution in [3.8, 4) is 0 Å². The molecule has 0 amide bonds. The maximum Gasteiger partial charge on any atom is 0.0598 e. The number of nitrogens with zero attached hydrogens (tertiary/aromatic N) is 2. The third-order valence-electron chi connectivity index (χ3n) is 3.89. The molecule has 1 aromatic heterocycles. The number of hydrogen-bond acceptors (Lipinski definition) is 3. The van der Waals surface area contributed by atoms with Gasteiger partial charge < -0.3 is 10.2 Å². The van der Waals surface area contributed by atoms with E-state index < -0.39 is 0 Å². The summed E-state index contributed by atoms with van der Waals surface area (Å²) in [4.78, 5) is 6.84. The van der Waals surface area contributed by atoms with Gasteiger partial charge in [0.25, 0.3) is 0 Å². The van der Waals surface area contributed by atoms with E-state index in [0.29, 0.717) is 0 Å². The van der Waals surface area contributed by atoms with Crippen molar-refractivity contribution in [3.05, 3.63) is 24.0 Å². The second-order valence-electron chi connectivity index (χ2n) is 5.15. The fourth-order valence-electron chi connectivity index (χ4n) is 2.73. The summed E-state index contributed by atoms with van der Waals surface area (Å²) < 4.78 is 0. The minimum absolute atomic E-state index is 0.853. The predicted octanol–water partition coefficient (Wildman–Crippen LogP) is 2.82. The topological polar surface area (TPSA) is 28.2 Å². The molecule has 0 spiro atoms. The van der Waals surface area contributed by atoms with E-state index in [1.807, 2.05) is 12.4 Å². The molecule has 2 rings (SSSR count). The van der Waals surface area contributed by atoms with Gasteiger partial charge in [-0.05, 0) is 36.9 Å². The Morgan fingerprint density at radius 1 is 1.44 bits per heavy atom. The highest BCUT2D eigenvalue weighted by molar-refractivity contribution is 5.52. The number of piperidine rings is 1. The van der Waals surface area contributed by atoms with Gasteiger partial charge in [-0.25, -0.2) is 0 Å². The molecule has 1 atom stereocenters. The van der Waals surface area contributed by atoms with Gasteiger partial charge in [0.05, 0.1) is 11.9 Å². The van der Waals surface area contributed by atoms with E-state index in [9.17, 15) is 0 Å². The lowest BCUT2D eigenvalue weighted by atomic mass is 9.95. The van der Waals surface area contributed by atoms with Crippen LogP contribution in [0.5, 0.6) is 0 Å². The Bertz CT molecular complexity index is 365. The minimum Gasteiger partial charge on any atom is -0.370 e. The van der Waals surface area contributed by atoms with E-state index in [-0.39, 0.29) is 0 Å². The molecule has 0 radical (unpaired) electrons. The van der Waals surface area contributed by atoms with Gasteiger partial charge >= 0.3 is 0 Å². The molecule has 1 unspecified atom stereocenters. The third-order valence-corrected chi connectivity index (χ3v) is 3.89. The molecular formula is C15H25N3. The van der Waals surface area contributed by atoms with E-state index in [1.165, 1.54) is 43.6 Å². The summed E-state index contributed by atoms with van der Waals surface area (Å²) in [5.74, 6) is 0.853. The molecule has 1 N–H and O–H groups in total. The lowest BCUT2D eigenvalue weighted by molar-refractivity contribution is 0.404. The molecule has 2 heterocycles. The Hall–Kier alpha value is -1.09. The highest BCUT2D eigenvalue weighted by Gasteiger charge is 2.20. The molecule has 1 aromatic rings. The van der Waals surface area contributed by atoms with Gasteiger partial charge in [-0.2, -0.15) is 0 Å². The zero-order valence-corrected chi connectivity index (χ0v) is 11.7. The van der Waals surface area contributed by atoms with E-state index in [1.54, 1.807) is 0 Å². The van der Waals surface area contributed by atoms with E-state index >= 15 is 0 Å². The van der Waals surface area contributed by atoms with Gasteiger partial charge in [-0.15, -0.1) is 0 Å². The quantitative estimate of drug-likeness (QED) is 0.867.